The summed E-state index contributed by atoms with van der Waals surface area (Å²) in [5, 5.41) is 0.143. The molecule has 1 atom stereocenters. The fraction of sp³-hybridized carbons (Fsp3) is 0.786. The minimum absolute atomic E-state index is 0.143. The van der Waals surface area contributed by atoms with Crippen LogP contribution in [0.1, 0.15) is 40.0 Å². The minimum atomic E-state index is -1.83. The van der Waals surface area contributed by atoms with Gasteiger partial charge in [0.25, 0.3) is 0 Å². The Morgan fingerprint density at radius 1 is 1.39 bits per heavy atom. The maximum Gasteiger partial charge on any atom is 0.305 e. The normalized spacial score (nSPS) is 13.8. The zero-order chi connectivity index (χ0) is 14.4. The van der Waals surface area contributed by atoms with Gasteiger partial charge in [-0.05, 0) is 31.0 Å². The third kappa shape index (κ3) is 5.70. The summed E-state index contributed by atoms with van der Waals surface area (Å²) in [4.78, 5) is 11.0. The van der Waals surface area contributed by atoms with Crippen molar-refractivity contribution in [3.8, 4) is 12.3 Å². The van der Waals surface area contributed by atoms with Gasteiger partial charge in [0.2, 0.25) is 0 Å². The quantitative estimate of drug-likeness (QED) is 0.422. The van der Waals surface area contributed by atoms with E-state index in [-0.39, 0.29) is 17.1 Å². The van der Waals surface area contributed by atoms with Crippen LogP contribution < -0.4 is 0 Å². The molecule has 0 rings (SSSR count). The van der Waals surface area contributed by atoms with E-state index >= 15 is 0 Å². The van der Waals surface area contributed by atoms with E-state index in [4.69, 9.17) is 10.8 Å². The van der Waals surface area contributed by atoms with E-state index in [2.05, 4.69) is 44.5 Å². The Bertz CT molecular complexity index is 310. The molecule has 0 unspecified atom stereocenters. The highest BCUT2D eigenvalue weighted by Gasteiger charge is 2.38. The Morgan fingerprint density at radius 3 is 2.33 bits per heavy atom. The molecule has 0 aliphatic carbocycles. The van der Waals surface area contributed by atoms with E-state index in [1.165, 1.54) is 7.11 Å². The Hall–Kier alpha value is -0.793. The zero-order valence-corrected chi connectivity index (χ0v) is 13.5. The van der Waals surface area contributed by atoms with Gasteiger partial charge in [-0.1, -0.05) is 26.7 Å². The molecular weight excluding hydrogens is 244 g/mol. The SMILES string of the molecule is C#C[C@H](CCCC(=O)OC)O[Si](C)(C)C(C)(C)C. The molecule has 0 aliphatic rings. The van der Waals surface area contributed by atoms with Gasteiger partial charge in [0.1, 0.15) is 6.10 Å². The Kier molecular flexibility index (Phi) is 6.65. The molecule has 3 nitrogen and oxygen atoms in total. The molecule has 0 fully saturated rings. The zero-order valence-electron chi connectivity index (χ0n) is 12.5. The van der Waals surface area contributed by atoms with Crippen molar-refractivity contribution in [2.24, 2.45) is 0 Å². The molecule has 0 aromatic carbocycles. The second kappa shape index (κ2) is 6.96. The Morgan fingerprint density at radius 2 is 1.94 bits per heavy atom. The van der Waals surface area contributed by atoms with Gasteiger partial charge in [-0.2, -0.15) is 0 Å². The average molecular weight is 270 g/mol. The molecule has 0 N–H and O–H groups in total. The van der Waals surface area contributed by atoms with Gasteiger partial charge in [-0.25, -0.2) is 0 Å². The molecule has 0 heterocycles. The van der Waals surface area contributed by atoms with Crippen LogP contribution in [-0.2, 0) is 14.0 Å². The second-order valence-corrected chi connectivity index (χ2v) is 10.8. The fourth-order valence-electron chi connectivity index (χ4n) is 1.24. The van der Waals surface area contributed by atoms with Crippen LogP contribution in [0, 0.1) is 12.3 Å². The fourth-order valence-corrected chi connectivity index (χ4v) is 2.49. The first-order chi connectivity index (χ1) is 8.14. The number of terminal acetylenes is 1. The highest BCUT2D eigenvalue weighted by atomic mass is 28.4. The molecule has 0 aliphatic heterocycles. The molecule has 0 amide bonds. The Labute approximate surface area is 112 Å². The summed E-state index contributed by atoms with van der Waals surface area (Å²) in [6.45, 7) is 10.9. The standard InChI is InChI=1S/C14H26O3Si/c1-8-12(10-9-11-13(15)16-5)17-18(6,7)14(2,3)4/h1,12H,9-11H2,2-7H3/t12-/m1/s1. The molecule has 0 bridgehead atoms. The number of ether oxygens (including phenoxy) is 1. The predicted octanol–water partition coefficient (Wildman–Crippen LogP) is 3.35. The highest BCUT2D eigenvalue weighted by molar-refractivity contribution is 6.74. The molecule has 4 heteroatoms. The summed E-state index contributed by atoms with van der Waals surface area (Å²) in [6.07, 6.45) is 7.11. The van der Waals surface area contributed by atoms with Crippen molar-refractivity contribution in [2.75, 3.05) is 7.11 Å². The van der Waals surface area contributed by atoms with Crippen molar-refractivity contribution in [1.29, 1.82) is 0 Å². The van der Waals surface area contributed by atoms with Crippen molar-refractivity contribution >= 4 is 14.3 Å². The molecule has 0 spiro atoms. The van der Waals surface area contributed by atoms with E-state index in [0.717, 1.165) is 0 Å². The smallest absolute Gasteiger partial charge is 0.305 e. The number of hydrogen-bond donors (Lipinski definition) is 0. The number of carbonyl (C=O) groups is 1. The number of esters is 1. The van der Waals surface area contributed by atoms with Crippen LogP contribution in [0.4, 0.5) is 0 Å². The molecule has 0 saturated carbocycles. The first kappa shape index (κ1) is 17.2. The lowest BCUT2D eigenvalue weighted by molar-refractivity contribution is -0.140. The Balaban J connectivity index is 4.29. The minimum Gasteiger partial charge on any atom is -0.469 e. The van der Waals surface area contributed by atoms with Crippen LogP contribution in [0.25, 0.3) is 0 Å². The van der Waals surface area contributed by atoms with Gasteiger partial charge in [0, 0.05) is 6.42 Å². The maximum atomic E-state index is 11.0. The third-order valence-electron chi connectivity index (χ3n) is 3.50. The summed E-state index contributed by atoms with van der Waals surface area (Å²) in [6, 6.07) is 0. The lowest BCUT2D eigenvalue weighted by atomic mass is 10.1. The van der Waals surface area contributed by atoms with Crippen LogP contribution in [-0.4, -0.2) is 27.5 Å². The van der Waals surface area contributed by atoms with Crippen molar-refractivity contribution in [3.63, 3.8) is 0 Å². The van der Waals surface area contributed by atoms with E-state index in [0.29, 0.717) is 19.3 Å². The van der Waals surface area contributed by atoms with Gasteiger partial charge >= 0.3 is 5.97 Å². The van der Waals surface area contributed by atoms with Crippen LogP contribution in [0.3, 0.4) is 0 Å². The predicted molar refractivity (Wildman–Crippen MR) is 76.8 cm³/mol. The second-order valence-electron chi connectivity index (χ2n) is 6.00. The van der Waals surface area contributed by atoms with Crippen LogP contribution in [0.5, 0.6) is 0 Å². The van der Waals surface area contributed by atoms with Gasteiger partial charge < -0.3 is 9.16 Å². The van der Waals surface area contributed by atoms with Gasteiger partial charge in [0.05, 0.1) is 7.11 Å². The van der Waals surface area contributed by atoms with E-state index in [9.17, 15) is 4.79 Å². The summed E-state index contributed by atoms with van der Waals surface area (Å²) < 4.78 is 10.7. The summed E-state index contributed by atoms with van der Waals surface area (Å²) >= 11 is 0. The van der Waals surface area contributed by atoms with E-state index < -0.39 is 8.32 Å². The van der Waals surface area contributed by atoms with Crippen molar-refractivity contribution in [2.45, 2.75) is 64.3 Å². The van der Waals surface area contributed by atoms with Crippen LogP contribution in [0.15, 0.2) is 0 Å². The molecule has 0 saturated heterocycles. The summed E-state index contributed by atoms with van der Waals surface area (Å²) in [7, 11) is -0.437. The third-order valence-corrected chi connectivity index (χ3v) is 7.99. The first-order valence-corrected chi connectivity index (χ1v) is 9.25. The number of methoxy groups -OCH3 is 1. The molecule has 18 heavy (non-hydrogen) atoms. The van der Waals surface area contributed by atoms with E-state index in [1.807, 2.05) is 0 Å². The molecule has 0 aromatic rings. The van der Waals surface area contributed by atoms with Crippen molar-refractivity contribution in [3.05, 3.63) is 0 Å². The van der Waals surface area contributed by atoms with E-state index in [1.54, 1.807) is 0 Å². The van der Waals surface area contributed by atoms with Gasteiger partial charge in [0.15, 0.2) is 8.32 Å². The average Bonchev–Trinajstić information content (AvgIpc) is 2.25. The summed E-state index contributed by atoms with van der Waals surface area (Å²) in [5.41, 5.74) is 0. The number of carbonyl (C=O) groups excluding carboxylic acids is 1. The maximum absolute atomic E-state index is 11.0. The molecule has 0 radical (unpaired) electrons. The van der Waals surface area contributed by atoms with Crippen LogP contribution in [0.2, 0.25) is 18.1 Å². The number of rotatable bonds is 6. The van der Waals surface area contributed by atoms with Crippen LogP contribution >= 0.6 is 0 Å². The highest BCUT2D eigenvalue weighted by Crippen LogP contribution is 2.37. The first-order valence-electron chi connectivity index (χ1n) is 6.35. The van der Waals surface area contributed by atoms with Crippen molar-refractivity contribution < 1.29 is 14.0 Å². The molecule has 104 valence electrons. The molecule has 0 aromatic heterocycles. The monoisotopic (exact) mass is 270 g/mol. The lowest BCUT2D eigenvalue weighted by Crippen LogP contribution is -2.43. The van der Waals surface area contributed by atoms with Gasteiger partial charge in [-0.3, -0.25) is 4.79 Å². The topological polar surface area (TPSA) is 35.5 Å². The number of hydrogen-bond acceptors (Lipinski definition) is 3. The van der Waals surface area contributed by atoms with Gasteiger partial charge in [-0.15, -0.1) is 6.42 Å². The van der Waals surface area contributed by atoms with Crippen molar-refractivity contribution in [1.82, 2.24) is 0 Å². The largest absolute Gasteiger partial charge is 0.469 e. The molecular formula is C14H26O3Si. The summed E-state index contributed by atoms with van der Waals surface area (Å²) in [5.74, 6) is 2.49. The lowest BCUT2D eigenvalue weighted by Gasteiger charge is -2.38.